The molecule has 1 saturated heterocycles. The van der Waals surface area contributed by atoms with Gasteiger partial charge < -0.3 is 15.5 Å². The largest absolute Gasteiger partial charge is 0.378 e. The van der Waals surface area contributed by atoms with E-state index in [0.717, 1.165) is 50.8 Å². The first kappa shape index (κ1) is 20.0. The Balaban J connectivity index is 2.04. The third-order valence-electron chi connectivity index (χ3n) is 4.02. The summed E-state index contributed by atoms with van der Waals surface area (Å²) in [4.78, 5) is 17.3. The molecule has 2 rings (SSSR count). The molecule has 144 valence electrons. The predicted molar refractivity (Wildman–Crippen MR) is 101 cm³/mol. The summed E-state index contributed by atoms with van der Waals surface area (Å²) >= 11 is 0. The maximum atomic E-state index is 11.6. The molecule has 26 heavy (non-hydrogen) atoms. The molecule has 0 unspecified atom stereocenters. The van der Waals surface area contributed by atoms with Gasteiger partial charge in [-0.1, -0.05) is 0 Å². The summed E-state index contributed by atoms with van der Waals surface area (Å²) < 4.78 is 23.1. The molecule has 0 bridgehead atoms. The molecule has 1 aliphatic heterocycles. The number of hydrogen-bond acceptors (Lipinski definition) is 6. The Morgan fingerprint density at radius 1 is 1.35 bits per heavy atom. The summed E-state index contributed by atoms with van der Waals surface area (Å²) in [7, 11) is -3.50. The van der Waals surface area contributed by atoms with Gasteiger partial charge in [0.1, 0.15) is 5.69 Å². The minimum absolute atomic E-state index is 0.0729. The van der Waals surface area contributed by atoms with Gasteiger partial charge in [-0.05, 0) is 31.9 Å². The van der Waals surface area contributed by atoms with Gasteiger partial charge in [0, 0.05) is 38.5 Å². The van der Waals surface area contributed by atoms with E-state index in [9.17, 15) is 18.5 Å². The molecule has 10 heteroatoms. The quantitative estimate of drug-likeness (QED) is 0.241. The smallest absolute Gasteiger partial charge is 0.293 e. The zero-order chi connectivity index (χ0) is 19.2. The first-order valence-corrected chi connectivity index (χ1v) is 10.5. The molecule has 0 amide bonds. The van der Waals surface area contributed by atoms with Crippen LogP contribution in [0.1, 0.15) is 19.8 Å². The second kappa shape index (κ2) is 8.84. The van der Waals surface area contributed by atoms with Gasteiger partial charge in [-0.3, -0.25) is 15.1 Å². The fourth-order valence-corrected chi connectivity index (χ4v) is 3.39. The number of nitrogens with one attached hydrogen (secondary N) is 2. The Bertz CT molecular complexity index is 773. The number of nitro groups is 1. The highest BCUT2D eigenvalue weighted by Crippen LogP contribution is 2.27. The third-order valence-corrected chi connectivity index (χ3v) is 5.13. The van der Waals surface area contributed by atoms with Crippen LogP contribution in [0.15, 0.2) is 28.1 Å². The normalized spacial score (nSPS) is 15.2. The standard InChI is InChI=1S/C16H25N5O4S/c1-3-17-16(20-10-4-5-11-20)19-9-8-18-14-7-6-13(26(2,24)25)12-15(14)21(22)23/h6-7,12,18H,3-5,8-11H2,1-2H3,(H,17,19). The monoisotopic (exact) mass is 383 g/mol. The molecule has 1 aromatic rings. The first-order valence-electron chi connectivity index (χ1n) is 8.58. The van der Waals surface area contributed by atoms with E-state index < -0.39 is 14.8 Å². The lowest BCUT2D eigenvalue weighted by molar-refractivity contribution is -0.384. The van der Waals surface area contributed by atoms with Gasteiger partial charge in [0.15, 0.2) is 15.8 Å². The Morgan fingerprint density at radius 2 is 2.04 bits per heavy atom. The molecule has 1 fully saturated rings. The van der Waals surface area contributed by atoms with Gasteiger partial charge in [-0.25, -0.2) is 8.42 Å². The highest BCUT2D eigenvalue weighted by atomic mass is 32.2. The topological polar surface area (TPSA) is 117 Å². The van der Waals surface area contributed by atoms with Gasteiger partial charge in [0.25, 0.3) is 5.69 Å². The van der Waals surface area contributed by atoms with Crippen molar-refractivity contribution >= 4 is 27.2 Å². The minimum Gasteiger partial charge on any atom is -0.378 e. The van der Waals surface area contributed by atoms with Crippen LogP contribution in [0, 0.1) is 10.1 Å². The van der Waals surface area contributed by atoms with Gasteiger partial charge >= 0.3 is 0 Å². The molecule has 1 aliphatic rings. The van der Waals surface area contributed by atoms with Crippen molar-refractivity contribution in [1.82, 2.24) is 10.2 Å². The number of rotatable bonds is 7. The van der Waals surface area contributed by atoms with E-state index in [1.165, 1.54) is 12.1 Å². The maximum absolute atomic E-state index is 11.6. The summed E-state index contributed by atoms with van der Waals surface area (Å²) in [6.07, 6.45) is 3.33. The molecule has 0 saturated carbocycles. The zero-order valence-electron chi connectivity index (χ0n) is 15.1. The number of hydrogen-bond donors (Lipinski definition) is 2. The van der Waals surface area contributed by atoms with Gasteiger partial charge in [0.05, 0.1) is 16.4 Å². The van der Waals surface area contributed by atoms with Crippen LogP contribution in [0.5, 0.6) is 0 Å². The Kier molecular flexibility index (Phi) is 6.78. The molecule has 0 spiro atoms. The SMILES string of the molecule is CCNC(=NCCNc1ccc(S(C)(=O)=O)cc1[N+](=O)[O-])N1CCCC1. The molecule has 9 nitrogen and oxygen atoms in total. The van der Waals surface area contributed by atoms with Crippen molar-refractivity contribution in [2.45, 2.75) is 24.7 Å². The van der Waals surface area contributed by atoms with Crippen molar-refractivity contribution in [3.8, 4) is 0 Å². The summed E-state index contributed by atoms with van der Waals surface area (Å²) in [5, 5.41) is 17.4. The van der Waals surface area contributed by atoms with Gasteiger partial charge in [-0.2, -0.15) is 0 Å². The highest BCUT2D eigenvalue weighted by Gasteiger charge is 2.19. The van der Waals surface area contributed by atoms with Crippen LogP contribution >= 0.6 is 0 Å². The van der Waals surface area contributed by atoms with Crippen LogP contribution in [0.25, 0.3) is 0 Å². The van der Waals surface area contributed by atoms with Gasteiger partial charge in [-0.15, -0.1) is 0 Å². The lowest BCUT2D eigenvalue weighted by Crippen LogP contribution is -2.39. The number of aliphatic imine (C=N–C) groups is 1. The Labute approximate surface area is 153 Å². The minimum atomic E-state index is -3.50. The van der Waals surface area contributed by atoms with Crippen LogP contribution in [0.4, 0.5) is 11.4 Å². The molecule has 0 aromatic heterocycles. The Morgan fingerprint density at radius 3 is 2.62 bits per heavy atom. The van der Waals surface area contributed by atoms with E-state index in [1.54, 1.807) is 0 Å². The van der Waals surface area contributed by atoms with Gasteiger partial charge in [0.2, 0.25) is 0 Å². The summed E-state index contributed by atoms with van der Waals surface area (Å²) in [5.41, 5.74) is 0.0205. The third kappa shape index (κ3) is 5.32. The molecule has 0 aliphatic carbocycles. The van der Waals surface area contributed by atoms with Crippen LogP contribution in [-0.2, 0) is 9.84 Å². The van der Waals surface area contributed by atoms with E-state index in [1.807, 2.05) is 6.92 Å². The lowest BCUT2D eigenvalue weighted by Gasteiger charge is -2.20. The zero-order valence-corrected chi connectivity index (χ0v) is 15.9. The van der Waals surface area contributed by atoms with Crippen molar-refractivity contribution in [3.63, 3.8) is 0 Å². The van der Waals surface area contributed by atoms with E-state index in [0.29, 0.717) is 13.1 Å². The van der Waals surface area contributed by atoms with Crippen molar-refractivity contribution < 1.29 is 13.3 Å². The summed E-state index contributed by atoms with van der Waals surface area (Å²) in [5.74, 6) is 0.855. The number of sulfone groups is 1. The van der Waals surface area contributed by atoms with Crippen molar-refractivity contribution in [3.05, 3.63) is 28.3 Å². The van der Waals surface area contributed by atoms with E-state index >= 15 is 0 Å². The molecule has 1 aromatic carbocycles. The van der Waals surface area contributed by atoms with Crippen molar-refractivity contribution in [2.75, 3.05) is 44.3 Å². The number of nitrogens with zero attached hydrogens (tertiary/aromatic N) is 3. The number of guanidine groups is 1. The van der Waals surface area contributed by atoms with Crippen molar-refractivity contribution in [2.24, 2.45) is 4.99 Å². The molecular formula is C16H25N5O4S. The second-order valence-electron chi connectivity index (χ2n) is 6.06. The fourth-order valence-electron chi connectivity index (χ4n) is 2.75. The first-order chi connectivity index (χ1) is 12.3. The summed E-state index contributed by atoms with van der Waals surface area (Å²) in [6.45, 7) is 5.61. The number of nitro benzene ring substituents is 1. The number of likely N-dealkylation sites (tertiary alicyclic amines) is 1. The molecule has 0 atom stereocenters. The summed E-state index contributed by atoms with van der Waals surface area (Å²) in [6, 6.07) is 3.86. The highest BCUT2D eigenvalue weighted by molar-refractivity contribution is 7.90. The van der Waals surface area contributed by atoms with Crippen LogP contribution in [0.3, 0.4) is 0 Å². The Hall–Kier alpha value is -2.36. The number of benzene rings is 1. The second-order valence-corrected chi connectivity index (χ2v) is 8.08. The number of anilines is 1. The maximum Gasteiger partial charge on any atom is 0.293 e. The molecular weight excluding hydrogens is 358 g/mol. The molecule has 2 N–H and O–H groups in total. The van der Waals surface area contributed by atoms with Crippen molar-refractivity contribution in [1.29, 1.82) is 0 Å². The molecule has 0 radical (unpaired) electrons. The fraction of sp³-hybridized carbons (Fsp3) is 0.562. The van der Waals surface area contributed by atoms with Crippen LogP contribution < -0.4 is 10.6 Å². The van der Waals surface area contributed by atoms with E-state index in [4.69, 9.17) is 0 Å². The average molecular weight is 383 g/mol. The average Bonchev–Trinajstić information content (AvgIpc) is 3.11. The molecule has 1 heterocycles. The van der Waals surface area contributed by atoms with Crippen LogP contribution in [0.2, 0.25) is 0 Å². The van der Waals surface area contributed by atoms with Crippen LogP contribution in [-0.4, -0.2) is 63.2 Å². The van der Waals surface area contributed by atoms with E-state index in [-0.39, 0.29) is 16.3 Å². The van der Waals surface area contributed by atoms with E-state index in [2.05, 4.69) is 20.5 Å². The lowest BCUT2D eigenvalue weighted by atomic mass is 10.2. The predicted octanol–water partition coefficient (Wildman–Crippen LogP) is 1.47.